The summed E-state index contributed by atoms with van der Waals surface area (Å²) in [5.41, 5.74) is 4.69. The molecule has 1 atom stereocenters. The van der Waals surface area contributed by atoms with Crippen LogP contribution in [0.3, 0.4) is 0 Å². The summed E-state index contributed by atoms with van der Waals surface area (Å²) in [5.74, 6) is 0.0247. The molecule has 2 heterocycles. The molecular formula is C29H27ClN4O. The van der Waals surface area contributed by atoms with Gasteiger partial charge in [0.25, 0.3) is 0 Å². The zero-order valence-electron chi connectivity index (χ0n) is 19.8. The molecule has 0 aliphatic heterocycles. The van der Waals surface area contributed by atoms with Crippen molar-refractivity contribution >= 4 is 28.3 Å². The van der Waals surface area contributed by atoms with Crippen LogP contribution in [0.2, 0.25) is 5.02 Å². The highest BCUT2D eigenvalue weighted by atomic mass is 35.5. The fraction of sp³-hybridized carbons (Fsp3) is 0.172. The van der Waals surface area contributed by atoms with E-state index in [0.717, 1.165) is 39.2 Å². The van der Waals surface area contributed by atoms with Crippen LogP contribution >= 0.6 is 11.6 Å². The molecule has 5 aromatic rings. The van der Waals surface area contributed by atoms with E-state index in [1.54, 1.807) is 6.33 Å². The summed E-state index contributed by atoms with van der Waals surface area (Å²) in [6, 6.07) is 23.8. The number of nitrogens with one attached hydrogen (secondary N) is 2. The van der Waals surface area contributed by atoms with Crippen molar-refractivity contribution in [1.29, 1.82) is 0 Å². The van der Waals surface area contributed by atoms with Crippen LogP contribution in [-0.2, 0) is 19.0 Å². The summed E-state index contributed by atoms with van der Waals surface area (Å²) in [7, 11) is 1.95. The van der Waals surface area contributed by atoms with Gasteiger partial charge in [0, 0.05) is 53.0 Å². The minimum Gasteiger partial charge on any atom is -0.360 e. The Bertz CT molecular complexity index is 1470. The number of aryl methyl sites for hydroxylation is 1. The number of rotatable bonds is 8. The molecule has 0 amide bonds. The first-order chi connectivity index (χ1) is 16.9. The Labute approximate surface area is 209 Å². The second-order valence-corrected chi connectivity index (χ2v) is 9.45. The van der Waals surface area contributed by atoms with E-state index in [1.807, 2.05) is 104 Å². The third-order valence-corrected chi connectivity index (χ3v) is 6.79. The molecule has 0 saturated heterocycles. The first-order valence-corrected chi connectivity index (χ1v) is 12.0. The van der Waals surface area contributed by atoms with Gasteiger partial charge in [-0.2, -0.15) is 0 Å². The zero-order chi connectivity index (χ0) is 24.4. The van der Waals surface area contributed by atoms with Gasteiger partial charge in [0.2, 0.25) is 0 Å². The largest absolute Gasteiger partial charge is 0.360 e. The van der Waals surface area contributed by atoms with Gasteiger partial charge in [-0.3, -0.25) is 4.79 Å². The van der Waals surface area contributed by atoms with Crippen molar-refractivity contribution < 1.29 is 4.79 Å². The van der Waals surface area contributed by atoms with Crippen LogP contribution in [0.5, 0.6) is 0 Å². The van der Waals surface area contributed by atoms with Crippen LogP contribution in [0.25, 0.3) is 22.2 Å². The summed E-state index contributed by atoms with van der Waals surface area (Å²) in [6.45, 7) is 2.61. The number of fused-ring (bicyclic) bond motifs is 1. The molecule has 0 radical (unpaired) electrons. The standard InChI is InChI=1S/C29H27ClN4O/c1-29(22-6-4-3-5-7-22,33-15-14-20-8-11-23(30)12-9-20)28(35)25-17-31-26-16-21(10-13-24(25)26)27-18-34(2)19-32-27/h3-13,16-19,31,33H,14-15H2,1-2H3. The van der Waals surface area contributed by atoms with Crippen LogP contribution in [-0.4, -0.2) is 26.9 Å². The van der Waals surface area contributed by atoms with E-state index in [9.17, 15) is 4.79 Å². The Morgan fingerprint density at radius 2 is 1.86 bits per heavy atom. The van der Waals surface area contributed by atoms with Crippen LogP contribution < -0.4 is 5.32 Å². The van der Waals surface area contributed by atoms with Gasteiger partial charge in [-0.05, 0) is 42.7 Å². The predicted octanol–water partition coefficient (Wildman–Crippen LogP) is 6.15. The number of aromatic amines is 1. The van der Waals surface area contributed by atoms with Gasteiger partial charge in [0.05, 0.1) is 12.0 Å². The number of hydrogen-bond donors (Lipinski definition) is 2. The highest BCUT2D eigenvalue weighted by Gasteiger charge is 2.36. The number of benzene rings is 3. The molecule has 3 aromatic carbocycles. The van der Waals surface area contributed by atoms with Crippen molar-refractivity contribution in [1.82, 2.24) is 19.9 Å². The Morgan fingerprint density at radius 1 is 1.09 bits per heavy atom. The van der Waals surface area contributed by atoms with Gasteiger partial charge >= 0.3 is 0 Å². The number of nitrogens with zero attached hydrogens (tertiary/aromatic N) is 2. The Morgan fingerprint density at radius 3 is 2.57 bits per heavy atom. The first-order valence-electron chi connectivity index (χ1n) is 11.6. The number of halogens is 1. The first kappa shape index (κ1) is 23.1. The maximum absolute atomic E-state index is 14.1. The highest BCUT2D eigenvalue weighted by molar-refractivity contribution is 6.30. The lowest BCUT2D eigenvalue weighted by molar-refractivity contribution is 0.0866. The quantitative estimate of drug-likeness (QED) is 0.261. The average Bonchev–Trinajstić information content (AvgIpc) is 3.51. The van der Waals surface area contributed by atoms with Gasteiger partial charge in [0.15, 0.2) is 5.78 Å². The van der Waals surface area contributed by atoms with Crippen molar-refractivity contribution in [2.45, 2.75) is 18.9 Å². The summed E-state index contributed by atoms with van der Waals surface area (Å²) >= 11 is 6.02. The molecule has 35 heavy (non-hydrogen) atoms. The number of carbonyl (C=O) groups excluding carboxylic acids is 1. The Hall–Kier alpha value is -3.67. The number of imidazole rings is 1. The van der Waals surface area contributed by atoms with E-state index in [2.05, 4.69) is 15.3 Å². The SMILES string of the molecule is Cn1cnc(-c2ccc3c(C(=O)C(C)(NCCc4ccc(Cl)cc4)c4ccccc4)c[nH]c3c2)c1. The molecule has 0 saturated carbocycles. The summed E-state index contributed by atoms with van der Waals surface area (Å²) < 4.78 is 1.92. The third-order valence-electron chi connectivity index (χ3n) is 6.54. The molecule has 0 fully saturated rings. The van der Waals surface area contributed by atoms with Gasteiger partial charge in [0.1, 0.15) is 5.54 Å². The molecule has 0 bridgehead atoms. The Balaban J connectivity index is 1.45. The lowest BCUT2D eigenvalue weighted by Gasteiger charge is -2.30. The zero-order valence-corrected chi connectivity index (χ0v) is 20.5. The maximum Gasteiger partial charge on any atom is 0.189 e. The monoisotopic (exact) mass is 482 g/mol. The molecule has 0 aliphatic carbocycles. The number of Topliss-reactive ketones (excluding diaryl/α,β-unsaturated/α-hetero) is 1. The van der Waals surface area contributed by atoms with Crippen LogP contribution in [0.1, 0.15) is 28.4 Å². The van der Waals surface area contributed by atoms with Crippen LogP contribution in [0.15, 0.2) is 91.5 Å². The minimum absolute atomic E-state index is 0.0247. The average molecular weight is 483 g/mol. The molecule has 176 valence electrons. The normalized spacial score (nSPS) is 13.1. The number of ketones is 1. The van der Waals surface area contributed by atoms with E-state index >= 15 is 0 Å². The van der Waals surface area contributed by atoms with E-state index < -0.39 is 5.54 Å². The van der Waals surface area contributed by atoms with E-state index in [4.69, 9.17) is 11.6 Å². The second kappa shape index (κ2) is 9.53. The van der Waals surface area contributed by atoms with Gasteiger partial charge in [-0.1, -0.05) is 66.2 Å². The fourth-order valence-corrected chi connectivity index (χ4v) is 4.62. The molecule has 0 aliphatic rings. The van der Waals surface area contributed by atoms with E-state index in [0.29, 0.717) is 12.1 Å². The second-order valence-electron chi connectivity index (χ2n) is 9.01. The lowest BCUT2D eigenvalue weighted by Crippen LogP contribution is -2.47. The molecule has 5 nitrogen and oxygen atoms in total. The van der Waals surface area contributed by atoms with E-state index in [1.165, 1.54) is 5.56 Å². The molecule has 1 unspecified atom stereocenters. The number of carbonyl (C=O) groups is 1. The molecule has 2 aromatic heterocycles. The van der Waals surface area contributed by atoms with Crippen molar-refractivity contribution in [2.24, 2.45) is 7.05 Å². The summed E-state index contributed by atoms with van der Waals surface area (Å²) in [5, 5.41) is 5.18. The molecular weight excluding hydrogens is 456 g/mol. The van der Waals surface area contributed by atoms with Gasteiger partial charge in [-0.25, -0.2) is 4.98 Å². The van der Waals surface area contributed by atoms with Crippen LogP contribution in [0, 0.1) is 0 Å². The van der Waals surface area contributed by atoms with Gasteiger partial charge in [-0.15, -0.1) is 0 Å². The molecule has 5 rings (SSSR count). The summed E-state index contributed by atoms with van der Waals surface area (Å²) in [4.78, 5) is 21.8. The van der Waals surface area contributed by atoms with Crippen LogP contribution in [0.4, 0.5) is 0 Å². The number of H-pyrrole nitrogens is 1. The van der Waals surface area contributed by atoms with Crippen molar-refractivity contribution in [2.75, 3.05) is 6.54 Å². The number of aromatic nitrogens is 3. The summed E-state index contributed by atoms with van der Waals surface area (Å²) in [6.07, 6.45) is 6.36. The van der Waals surface area contributed by atoms with Crippen molar-refractivity contribution in [3.8, 4) is 11.3 Å². The lowest BCUT2D eigenvalue weighted by atomic mass is 9.83. The number of hydrogen-bond acceptors (Lipinski definition) is 3. The van der Waals surface area contributed by atoms with E-state index in [-0.39, 0.29) is 5.78 Å². The van der Waals surface area contributed by atoms with Crippen molar-refractivity contribution in [3.05, 3.63) is 113 Å². The predicted molar refractivity (Wildman–Crippen MR) is 142 cm³/mol. The Kier molecular flexibility index (Phi) is 6.29. The molecule has 6 heteroatoms. The molecule has 0 spiro atoms. The topological polar surface area (TPSA) is 62.7 Å². The maximum atomic E-state index is 14.1. The highest BCUT2D eigenvalue weighted by Crippen LogP contribution is 2.31. The fourth-order valence-electron chi connectivity index (χ4n) is 4.50. The smallest absolute Gasteiger partial charge is 0.189 e. The third kappa shape index (κ3) is 4.65. The molecule has 2 N–H and O–H groups in total. The van der Waals surface area contributed by atoms with Crippen molar-refractivity contribution in [3.63, 3.8) is 0 Å². The van der Waals surface area contributed by atoms with Gasteiger partial charge < -0.3 is 14.9 Å². The minimum atomic E-state index is -0.886.